The summed E-state index contributed by atoms with van der Waals surface area (Å²) in [4.78, 5) is 8.56. The Kier molecular flexibility index (Phi) is 2.50. The standard InChI is InChI=1S/C12H12ClN3/c13-11-4-9-3-10(8-1-2-14-5-8)6-15-12(9)16-7-11/h3-4,6-8,14H,1-2,5H2. The van der Waals surface area contributed by atoms with Crippen LogP contribution in [0.3, 0.4) is 0 Å². The maximum absolute atomic E-state index is 5.93. The molecule has 1 aliphatic heterocycles. The Labute approximate surface area is 98.9 Å². The van der Waals surface area contributed by atoms with E-state index in [9.17, 15) is 0 Å². The van der Waals surface area contributed by atoms with Crippen LogP contribution >= 0.6 is 11.6 Å². The zero-order chi connectivity index (χ0) is 11.0. The number of halogens is 1. The molecule has 1 N–H and O–H groups in total. The molecule has 0 saturated carbocycles. The summed E-state index contributed by atoms with van der Waals surface area (Å²) in [5.41, 5.74) is 2.04. The van der Waals surface area contributed by atoms with Crippen LogP contribution in [0.4, 0.5) is 0 Å². The molecular formula is C12H12ClN3. The fourth-order valence-corrected chi connectivity index (χ4v) is 2.34. The van der Waals surface area contributed by atoms with Crippen molar-refractivity contribution in [1.82, 2.24) is 15.3 Å². The van der Waals surface area contributed by atoms with Crippen LogP contribution in [-0.4, -0.2) is 23.1 Å². The van der Waals surface area contributed by atoms with Gasteiger partial charge in [-0.15, -0.1) is 0 Å². The number of nitrogens with one attached hydrogen (secondary N) is 1. The molecule has 1 unspecified atom stereocenters. The molecular weight excluding hydrogens is 222 g/mol. The molecule has 4 heteroatoms. The summed E-state index contributed by atoms with van der Waals surface area (Å²) in [6.07, 6.45) is 4.75. The van der Waals surface area contributed by atoms with Gasteiger partial charge < -0.3 is 5.32 Å². The summed E-state index contributed by atoms with van der Waals surface area (Å²) in [5.74, 6) is 0.580. The molecule has 0 amide bonds. The Bertz CT molecular complexity index is 521. The van der Waals surface area contributed by atoms with Crippen LogP contribution in [0.2, 0.25) is 5.02 Å². The zero-order valence-corrected chi connectivity index (χ0v) is 9.54. The highest BCUT2D eigenvalue weighted by Gasteiger charge is 2.17. The lowest BCUT2D eigenvalue weighted by molar-refractivity contribution is 0.760. The van der Waals surface area contributed by atoms with E-state index in [1.165, 1.54) is 12.0 Å². The van der Waals surface area contributed by atoms with E-state index in [0.717, 1.165) is 24.1 Å². The van der Waals surface area contributed by atoms with Crippen LogP contribution in [-0.2, 0) is 0 Å². The number of hydrogen-bond donors (Lipinski definition) is 1. The van der Waals surface area contributed by atoms with E-state index in [2.05, 4.69) is 21.4 Å². The predicted octanol–water partition coefficient (Wildman–Crippen LogP) is 2.36. The topological polar surface area (TPSA) is 37.8 Å². The molecule has 2 aromatic rings. The number of nitrogens with zero attached hydrogens (tertiary/aromatic N) is 2. The van der Waals surface area contributed by atoms with E-state index in [1.807, 2.05) is 12.3 Å². The summed E-state index contributed by atoms with van der Waals surface area (Å²) in [5, 5.41) is 5.05. The molecule has 3 heterocycles. The van der Waals surface area contributed by atoms with Crippen molar-refractivity contribution in [2.75, 3.05) is 13.1 Å². The zero-order valence-electron chi connectivity index (χ0n) is 8.78. The SMILES string of the molecule is Clc1cnc2ncc(C3CCNC3)cc2c1. The highest BCUT2D eigenvalue weighted by molar-refractivity contribution is 6.31. The molecule has 2 aromatic heterocycles. The molecule has 3 nitrogen and oxygen atoms in total. The summed E-state index contributed by atoms with van der Waals surface area (Å²) in [6, 6.07) is 4.07. The van der Waals surface area contributed by atoms with Crippen molar-refractivity contribution >= 4 is 22.6 Å². The Balaban J connectivity index is 2.07. The minimum Gasteiger partial charge on any atom is -0.316 e. The largest absolute Gasteiger partial charge is 0.316 e. The van der Waals surface area contributed by atoms with E-state index in [-0.39, 0.29) is 0 Å². The first kappa shape index (κ1) is 10.00. The third-order valence-corrected chi connectivity index (χ3v) is 3.26. The maximum atomic E-state index is 5.93. The molecule has 0 radical (unpaired) electrons. The third kappa shape index (κ3) is 1.77. The van der Waals surface area contributed by atoms with Crippen molar-refractivity contribution in [2.45, 2.75) is 12.3 Å². The van der Waals surface area contributed by atoms with Gasteiger partial charge in [-0.05, 0) is 36.6 Å². The molecule has 0 bridgehead atoms. The predicted molar refractivity (Wildman–Crippen MR) is 64.8 cm³/mol. The summed E-state index contributed by atoms with van der Waals surface area (Å²) >= 11 is 5.93. The second-order valence-corrected chi connectivity index (χ2v) is 4.60. The van der Waals surface area contributed by atoms with Crippen LogP contribution in [0.5, 0.6) is 0 Å². The highest BCUT2D eigenvalue weighted by atomic mass is 35.5. The van der Waals surface area contributed by atoms with Crippen molar-refractivity contribution < 1.29 is 0 Å². The first-order chi connectivity index (χ1) is 7.83. The van der Waals surface area contributed by atoms with E-state index in [0.29, 0.717) is 10.9 Å². The van der Waals surface area contributed by atoms with Crippen molar-refractivity contribution in [3.05, 3.63) is 35.1 Å². The molecule has 1 aliphatic rings. The van der Waals surface area contributed by atoms with Crippen LogP contribution < -0.4 is 5.32 Å². The number of rotatable bonds is 1. The molecule has 1 saturated heterocycles. The van der Waals surface area contributed by atoms with Gasteiger partial charge in [-0.25, -0.2) is 9.97 Å². The summed E-state index contributed by atoms with van der Waals surface area (Å²) in [7, 11) is 0. The number of aromatic nitrogens is 2. The lowest BCUT2D eigenvalue weighted by Crippen LogP contribution is -2.08. The number of pyridine rings is 2. The minimum absolute atomic E-state index is 0.580. The number of hydrogen-bond acceptors (Lipinski definition) is 3. The molecule has 0 spiro atoms. The Morgan fingerprint density at radius 2 is 2.12 bits per heavy atom. The summed E-state index contributed by atoms with van der Waals surface area (Å²) in [6.45, 7) is 2.14. The molecule has 1 fully saturated rings. The second-order valence-electron chi connectivity index (χ2n) is 4.16. The summed E-state index contributed by atoms with van der Waals surface area (Å²) < 4.78 is 0. The van der Waals surface area contributed by atoms with Crippen LogP contribution in [0, 0.1) is 0 Å². The van der Waals surface area contributed by atoms with Crippen LogP contribution in [0.25, 0.3) is 11.0 Å². The smallest absolute Gasteiger partial charge is 0.159 e. The van der Waals surface area contributed by atoms with Crippen molar-refractivity contribution in [3.8, 4) is 0 Å². The fraction of sp³-hybridized carbons (Fsp3) is 0.333. The molecule has 0 aromatic carbocycles. The quantitative estimate of drug-likeness (QED) is 0.822. The van der Waals surface area contributed by atoms with Gasteiger partial charge in [0.2, 0.25) is 0 Å². The van der Waals surface area contributed by atoms with Crippen molar-refractivity contribution in [2.24, 2.45) is 0 Å². The van der Waals surface area contributed by atoms with Gasteiger partial charge in [0.1, 0.15) is 0 Å². The molecule has 0 aliphatic carbocycles. The van der Waals surface area contributed by atoms with Gasteiger partial charge in [0.25, 0.3) is 0 Å². The second kappa shape index (κ2) is 4.00. The first-order valence-electron chi connectivity index (χ1n) is 5.45. The van der Waals surface area contributed by atoms with Gasteiger partial charge in [0, 0.05) is 24.3 Å². The average Bonchev–Trinajstić information content (AvgIpc) is 2.81. The van der Waals surface area contributed by atoms with Gasteiger partial charge in [-0.2, -0.15) is 0 Å². The lowest BCUT2D eigenvalue weighted by Gasteiger charge is -2.08. The van der Waals surface area contributed by atoms with Gasteiger partial charge in [0.05, 0.1) is 5.02 Å². The normalized spacial score (nSPS) is 20.4. The van der Waals surface area contributed by atoms with E-state index >= 15 is 0 Å². The minimum atomic E-state index is 0.580. The van der Waals surface area contributed by atoms with Gasteiger partial charge in [-0.1, -0.05) is 11.6 Å². The Morgan fingerprint density at radius 1 is 1.25 bits per heavy atom. The van der Waals surface area contributed by atoms with E-state index < -0.39 is 0 Å². The van der Waals surface area contributed by atoms with Gasteiger partial charge in [0.15, 0.2) is 5.65 Å². The number of fused-ring (bicyclic) bond motifs is 1. The van der Waals surface area contributed by atoms with Gasteiger partial charge >= 0.3 is 0 Å². The molecule has 1 atom stereocenters. The Hall–Kier alpha value is -1.19. The Morgan fingerprint density at radius 3 is 2.94 bits per heavy atom. The van der Waals surface area contributed by atoms with Gasteiger partial charge in [-0.3, -0.25) is 0 Å². The van der Waals surface area contributed by atoms with E-state index in [1.54, 1.807) is 6.20 Å². The van der Waals surface area contributed by atoms with Crippen molar-refractivity contribution in [1.29, 1.82) is 0 Å². The molecule has 82 valence electrons. The monoisotopic (exact) mass is 233 g/mol. The third-order valence-electron chi connectivity index (χ3n) is 3.05. The lowest BCUT2D eigenvalue weighted by atomic mass is 9.99. The highest BCUT2D eigenvalue weighted by Crippen LogP contribution is 2.24. The van der Waals surface area contributed by atoms with Crippen LogP contribution in [0.15, 0.2) is 24.5 Å². The van der Waals surface area contributed by atoms with Crippen LogP contribution in [0.1, 0.15) is 17.9 Å². The van der Waals surface area contributed by atoms with E-state index in [4.69, 9.17) is 11.6 Å². The molecule has 3 rings (SSSR count). The first-order valence-corrected chi connectivity index (χ1v) is 5.82. The maximum Gasteiger partial charge on any atom is 0.159 e. The average molecular weight is 234 g/mol. The fourth-order valence-electron chi connectivity index (χ4n) is 2.18. The van der Waals surface area contributed by atoms with Crippen molar-refractivity contribution in [3.63, 3.8) is 0 Å². The molecule has 16 heavy (non-hydrogen) atoms.